The summed E-state index contributed by atoms with van der Waals surface area (Å²) in [6.07, 6.45) is 1.72. The largest absolute Gasteiger partial charge is 0.495 e. The lowest BCUT2D eigenvalue weighted by Gasteiger charge is -2.24. The van der Waals surface area contributed by atoms with Gasteiger partial charge in [-0.05, 0) is 49.2 Å². The number of halogens is 1. The van der Waals surface area contributed by atoms with Gasteiger partial charge >= 0.3 is 0 Å². The number of nitrogens with zero attached hydrogens (tertiary/aromatic N) is 1. The molecule has 1 aliphatic heterocycles. The third-order valence-electron chi connectivity index (χ3n) is 5.07. The summed E-state index contributed by atoms with van der Waals surface area (Å²) >= 11 is 0. The Kier molecular flexibility index (Phi) is 8.37. The van der Waals surface area contributed by atoms with Crippen LogP contribution >= 0.6 is 0 Å². The van der Waals surface area contributed by atoms with Crippen molar-refractivity contribution in [3.8, 4) is 5.75 Å². The summed E-state index contributed by atoms with van der Waals surface area (Å²) in [5, 5.41) is 2.75. The average Bonchev–Trinajstić information content (AvgIpc) is 3.34. The number of sulfonamides is 1. The lowest BCUT2D eigenvalue weighted by atomic mass is 10.2. The molecule has 0 saturated carbocycles. The van der Waals surface area contributed by atoms with E-state index in [1.165, 1.54) is 7.11 Å². The van der Waals surface area contributed by atoms with Crippen molar-refractivity contribution < 1.29 is 31.9 Å². The van der Waals surface area contributed by atoms with Crippen molar-refractivity contribution in [1.29, 1.82) is 0 Å². The Morgan fingerprint density at radius 3 is 2.58 bits per heavy atom. The zero-order chi connectivity index (χ0) is 23.8. The van der Waals surface area contributed by atoms with Gasteiger partial charge in [0.15, 0.2) is 0 Å². The second-order valence-electron chi connectivity index (χ2n) is 7.37. The molecule has 2 aromatic rings. The van der Waals surface area contributed by atoms with Crippen molar-refractivity contribution in [3.63, 3.8) is 0 Å². The van der Waals surface area contributed by atoms with Crippen LogP contribution < -0.4 is 19.7 Å². The Morgan fingerprint density at radius 1 is 1.18 bits per heavy atom. The molecular weight excluding hydrogens is 453 g/mol. The second-order valence-corrected chi connectivity index (χ2v) is 9.14. The minimum atomic E-state index is -4.07. The molecule has 33 heavy (non-hydrogen) atoms. The maximum atomic E-state index is 13.1. The fourth-order valence-electron chi connectivity index (χ4n) is 3.34. The maximum absolute atomic E-state index is 13.1. The first-order valence-corrected chi connectivity index (χ1v) is 11.9. The number of amides is 2. The van der Waals surface area contributed by atoms with Crippen LogP contribution in [0.1, 0.15) is 12.8 Å². The number of ether oxygens (including phenoxy) is 2. The van der Waals surface area contributed by atoms with E-state index >= 15 is 0 Å². The molecule has 1 fully saturated rings. The highest BCUT2D eigenvalue weighted by Gasteiger charge is 2.25. The SMILES string of the molecule is COc1ccccc1N(CC(=O)NC[C@@H]1CCCO1)C(=O)CNS(=O)(=O)c1ccc(F)cc1. The second kappa shape index (κ2) is 11.2. The number of anilines is 1. The molecule has 2 amide bonds. The topological polar surface area (TPSA) is 114 Å². The van der Waals surface area contributed by atoms with E-state index < -0.39 is 34.2 Å². The first-order valence-electron chi connectivity index (χ1n) is 10.4. The highest BCUT2D eigenvalue weighted by molar-refractivity contribution is 7.89. The monoisotopic (exact) mass is 479 g/mol. The van der Waals surface area contributed by atoms with Gasteiger partial charge in [-0.2, -0.15) is 0 Å². The van der Waals surface area contributed by atoms with Crippen LogP contribution in [0.15, 0.2) is 53.4 Å². The molecule has 0 aromatic heterocycles. The number of carbonyl (C=O) groups is 2. The molecule has 9 nitrogen and oxygen atoms in total. The summed E-state index contributed by atoms with van der Waals surface area (Å²) in [6, 6.07) is 10.8. The van der Waals surface area contributed by atoms with Crippen LogP contribution in [-0.4, -0.2) is 59.7 Å². The predicted molar refractivity (Wildman–Crippen MR) is 119 cm³/mol. The number of rotatable bonds is 10. The van der Waals surface area contributed by atoms with Crippen molar-refractivity contribution in [2.45, 2.75) is 23.8 Å². The fourth-order valence-corrected chi connectivity index (χ4v) is 4.32. The smallest absolute Gasteiger partial charge is 0.242 e. The van der Waals surface area contributed by atoms with E-state index in [0.29, 0.717) is 24.6 Å². The number of hydrogen-bond donors (Lipinski definition) is 2. The van der Waals surface area contributed by atoms with Gasteiger partial charge in [-0.1, -0.05) is 12.1 Å². The molecule has 0 spiro atoms. The van der Waals surface area contributed by atoms with E-state index in [2.05, 4.69) is 10.0 Å². The molecule has 0 aliphatic carbocycles. The number of para-hydroxylation sites is 2. The molecule has 11 heteroatoms. The minimum Gasteiger partial charge on any atom is -0.495 e. The summed E-state index contributed by atoms with van der Waals surface area (Å²) in [6.45, 7) is 0.0194. The molecule has 2 N–H and O–H groups in total. The number of benzene rings is 2. The quantitative estimate of drug-likeness (QED) is 0.533. The van der Waals surface area contributed by atoms with Crippen molar-refractivity contribution in [2.75, 3.05) is 38.3 Å². The molecule has 1 atom stereocenters. The molecule has 0 unspecified atom stereocenters. The highest BCUT2D eigenvalue weighted by Crippen LogP contribution is 2.27. The molecule has 0 bridgehead atoms. The first kappa shape index (κ1) is 24.6. The standard InChI is InChI=1S/C22H26FN3O6S/c1-31-20-7-3-2-6-19(20)26(15-21(27)24-13-17-5-4-12-32-17)22(28)14-25-33(29,30)18-10-8-16(23)9-11-18/h2-3,6-11,17,25H,4-5,12-15H2,1H3,(H,24,27)/t17-/m0/s1. The molecular formula is C22H26FN3O6S. The molecule has 2 aromatic carbocycles. The van der Waals surface area contributed by atoms with Crippen LogP contribution in [0.3, 0.4) is 0 Å². The van der Waals surface area contributed by atoms with E-state index in [4.69, 9.17) is 9.47 Å². The van der Waals surface area contributed by atoms with Crippen molar-refractivity contribution in [3.05, 3.63) is 54.3 Å². The van der Waals surface area contributed by atoms with Gasteiger partial charge < -0.3 is 14.8 Å². The van der Waals surface area contributed by atoms with Crippen molar-refractivity contribution in [2.24, 2.45) is 0 Å². The molecule has 3 rings (SSSR count). The van der Waals surface area contributed by atoms with Crippen LogP contribution in [0.4, 0.5) is 10.1 Å². The first-order chi connectivity index (χ1) is 15.8. The van der Waals surface area contributed by atoms with Gasteiger partial charge in [-0.25, -0.2) is 17.5 Å². The predicted octanol–water partition coefficient (Wildman–Crippen LogP) is 1.44. The van der Waals surface area contributed by atoms with Gasteiger partial charge in [0.1, 0.15) is 18.1 Å². The van der Waals surface area contributed by atoms with Gasteiger partial charge in [0.05, 0.1) is 30.3 Å². The van der Waals surface area contributed by atoms with Crippen LogP contribution in [-0.2, 0) is 24.3 Å². The summed E-state index contributed by atoms with van der Waals surface area (Å²) in [5.41, 5.74) is 0.318. The molecule has 1 heterocycles. The van der Waals surface area contributed by atoms with Crippen LogP contribution in [0.2, 0.25) is 0 Å². The Hall–Kier alpha value is -3.02. The Labute approximate surface area is 191 Å². The van der Waals surface area contributed by atoms with Gasteiger partial charge in [-0.15, -0.1) is 0 Å². The zero-order valence-corrected chi connectivity index (χ0v) is 18.9. The number of nitrogens with one attached hydrogen (secondary N) is 2. The Bertz CT molecular complexity index is 1070. The van der Waals surface area contributed by atoms with Gasteiger partial charge in [0.2, 0.25) is 21.8 Å². The third-order valence-corrected chi connectivity index (χ3v) is 6.48. The molecule has 0 radical (unpaired) electrons. The van der Waals surface area contributed by atoms with E-state index in [9.17, 15) is 22.4 Å². The van der Waals surface area contributed by atoms with Crippen LogP contribution in [0, 0.1) is 5.82 Å². The molecule has 178 valence electrons. The summed E-state index contributed by atoms with van der Waals surface area (Å²) in [4.78, 5) is 26.5. The lowest BCUT2D eigenvalue weighted by molar-refractivity contribution is -0.123. The van der Waals surface area contributed by atoms with Crippen molar-refractivity contribution >= 4 is 27.5 Å². The van der Waals surface area contributed by atoms with Crippen LogP contribution in [0.25, 0.3) is 0 Å². The normalized spacial score (nSPS) is 15.8. The minimum absolute atomic E-state index is 0.0631. The number of hydrogen-bond acceptors (Lipinski definition) is 6. The summed E-state index contributed by atoms with van der Waals surface area (Å²) < 4.78 is 51.1. The highest BCUT2D eigenvalue weighted by atomic mass is 32.2. The lowest BCUT2D eigenvalue weighted by Crippen LogP contribution is -2.46. The van der Waals surface area contributed by atoms with Gasteiger partial charge in [0, 0.05) is 13.2 Å². The van der Waals surface area contributed by atoms with E-state index in [-0.39, 0.29) is 17.5 Å². The average molecular weight is 480 g/mol. The fraction of sp³-hybridized carbons (Fsp3) is 0.364. The van der Waals surface area contributed by atoms with Crippen molar-refractivity contribution in [1.82, 2.24) is 10.0 Å². The molecule has 1 aliphatic rings. The van der Waals surface area contributed by atoms with Gasteiger partial charge in [-0.3, -0.25) is 14.5 Å². The van der Waals surface area contributed by atoms with Crippen LogP contribution in [0.5, 0.6) is 5.75 Å². The number of carbonyl (C=O) groups excluding carboxylic acids is 2. The van der Waals surface area contributed by atoms with Gasteiger partial charge in [0.25, 0.3) is 0 Å². The van der Waals surface area contributed by atoms with E-state index in [1.807, 2.05) is 0 Å². The third kappa shape index (κ3) is 6.73. The summed E-state index contributed by atoms with van der Waals surface area (Å²) in [5.74, 6) is -1.33. The summed E-state index contributed by atoms with van der Waals surface area (Å²) in [7, 11) is -2.64. The Balaban J connectivity index is 1.72. The Morgan fingerprint density at radius 2 is 1.91 bits per heavy atom. The molecule has 1 saturated heterocycles. The maximum Gasteiger partial charge on any atom is 0.242 e. The number of methoxy groups -OCH3 is 1. The van der Waals surface area contributed by atoms with E-state index in [0.717, 1.165) is 42.0 Å². The zero-order valence-electron chi connectivity index (χ0n) is 18.1. The van der Waals surface area contributed by atoms with E-state index in [1.54, 1.807) is 24.3 Å².